The molecule has 0 atom stereocenters. The summed E-state index contributed by atoms with van der Waals surface area (Å²) in [5.41, 5.74) is 1.53. The first-order chi connectivity index (χ1) is 7.79. The van der Waals surface area contributed by atoms with E-state index in [2.05, 4.69) is 6.07 Å². The van der Waals surface area contributed by atoms with Crippen molar-refractivity contribution in [2.24, 2.45) is 0 Å². The van der Waals surface area contributed by atoms with Gasteiger partial charge in [-0.1, -0.05) is 18.2 Å². The standard InChI is InChI=1S/C13H10N2O/c14-9-11-4-3-5-12(8-11)10-15-7-2-1-6-13(15)16/h1-8H,10H2. The number of nitrogens with zero attached hydrogens (tertiary/aromatic N) is 2. The maximum absolute atomic E-state index is 11.5. The lowest BCUT2D eigenvalue weighted by molar-refractivity contribution is 0.759. The molecule has 0 fully saturated rings. The molecule has 0 unspecified atom stereocenters. The molecule has 1 heterocycles. The average Bonchev–Trinajstić information content (AvgIpc) is 2.32. The quantitative estimate of drug-likeness (QED) is 0.758. The number of benzene rings is 1. The van der Waals surface area contributed by atoms with Crippen LogP contribution >= 0.6 is 0 Å². The van der Waals surface area contributed by atoms with Crippen LogP contribution in [0.25, 0.3) is 0 Å². The highest BCUT2D eigenvalue weighted by atomic mass is 16.1. The molecule has 0 amide bonds. The monoisotopic (exact) mass is 210 g/mol. The molecule has 0 saturated carbocycles. The van der Waals surface area contributed by atoms with E-state index in [0.717, 1.165) is 5.56 Å². The summed E-state index contributed by atoms with van der Waals surface area (Å²) in [5.74, 6) is 0. The Kier molecular flexibility index (Phi) is 2.84. The molecule has 3 heteroatoms. The number of hydrogen-bond acceptors (Lipinski definition) is 2. The van der Waals surface area contributed by atoms with Gasteiger partial charge in [-0.15, -0.1) is 0 Å². The van der Waals surface area contributed by atoms with Crippen molar-refractivity contribution in [3.8, 4) is 6.07 Å². The zero-order chi connectivity index (χ0) is 11.4. The lowest BCUT2D eigenvalue weighted by Crippen LogP contribution is -2.18. The first-order valence-corrected chi connectivity index (χ1v) is 4.94. The topological polar surface area (TPSA) is 45.8 Å². The van der Waals surface area contributed by atoms with Crippen molar-refractivity contribution in [2.75, 3.05) is 0 Å². The van der Waals surface area contributed by atoms with Crippen LogP contribution in [-0.2, 0) is 6.54 Å². The van der Waals surface area contributed by atoms with Crippen LogP contribution < -0.4 is 5.56 Å². The van der Waals surface area contributed by atoms with Crippen LogP contribution in [0.5, 0.6) is 0 Å². The Morgan fingerprint density at radius 1 is 1.19 bits per heavy atom. The van der Waals surface area contributed by atoms with Gasteiger partial charge in [0.05, 0.1) is 18.2 Å². The first-order valence-electron chi connectivity index (χ1n) is 4.94. The van der Waals surface area contributed by atoms with Crippen LogP contribution in [-0.4, -0.2) is 4.57 Å². The van der Waals surface area contributed by atoms with Crippen LogP contribution in [0.3, 0.4) is 0 Å². The van der Waals surface area contributed by atoms with E-state index < -0.39 is 0 Å². The van der Waals surface area contributed by atoms with Crippen molar-refractivity contribution in [2.45, 2.75) is 6.54 Å². The van der Waals surface area contributed by atoms with Crippen molar-refractivity contribution < 1.29 is 0 Å². The van der Waals surface area contributed by atoms with E-state index in [1.165, 1.54) is 6.07 Å². The smallest absolute Gasteiger partial charge is 0.250 e. The summed E-state index contributed by atoms with van der Waals surface area (Å²) in [6.45, 7) is 0.495. The highest BCUT2D eigenvalue weighted by Crippen LogP contribution is 2.05. The molecule has 2 aromatic rings. The Morgan fingerprint density at radius 2 is 2.06 bits per heavy atom. The van der Waals surface area contributed by atoms with Gasteiger partial charge < -0.3 is 4.57 Å². The molecule has 0 N–H and O–H groups in total. The number of hydrogen-bond donors (Lipinski definition) is 0. The van der Waals surface area contributed by atoms with Gasteiger partial charge in [-0.05, 0) is 23.8 Å². The molecule has 78 valence electrons. The zero-order valence-electron chi connectivity index (χ0n) is 8.63. The number of nitriles is 1. The van der Waals surface area contributed by atoms with E-state index in [1.54, 1.807) is 29.0 Å². The minimum absolute atomic E-state index is 0.0372. The van der Waals surface area contributed by atoms with Crippen molar-refractivity contribution >= 4 is 0 Å². The molecule has 1 aromatic carbocycles. The SMILES string of the molecule is N#Cc1cccc(Cn2ccccc2=O)c1. The average molecular weight is 210 g/mol. The summed E-state index contributed by atoms with van der Waals surface area (Å²) in [4.78, 5) is 11.5. The van der Waals surface area contributed by atoms with E-state index in [0.29, 0.717) is 12.1 Å². The molecule has 0 radical (unpaired) electrons. The highest BCUT2D eigenvalue weighted by Gasteiger charge is 1.98. The fourth-order valence-electron chi connectivity index (χ4n) is 1.53. The molecule has 0 aliphatic rings. The second-order valence-electron chi connectivity index (χ2n) is 3.48. The molecule has 16 heavy (non-hydrogen) atoms. The Bertz CT molecular complexity index is 593. The highest BCUT2D eigenvalue weighted by molar-refractivity contribution is 5.32. The molecule has 0 saturated heterocycles. The van der Waals surface area contributed by atoms with Crippen LogP contribution in [0, 0.1) is 11.3 Å². The molecule has 0 aliphatic heterocycles. The van der Waals surface area contributed by atoms with Gasteiger partial charge in [0.1, 0.15) is 0 Å². The van der Waals surface area contributed by atoms with Gasteiger partial charge in [-0.25, -0.2) is 0 Å². The van der Waals surface area contributed by atoms with Crippen LogP contribution in [0.15, 0.2) is 53.5 Å². The molecular formula is C13H10N2O. The van der Waals surface area contributed by atoms with Gasteiger partial charge in [0, 0.05) is 12.3 Å². The molecule has 2 rings (SSSR count). The third-order valence-electron chi connectivity index (χ3n) is 2.31. The van der Waals surface area contributed by atoms with Crippen LogP contribution in [0.2, 0.25) is 0 Å². The zero-order valence-corrected chi connectivity index (χ0v) is 8.63. The Balaban J connectivity index is 2.32. The summed E-state index contributed by atoms with van der Waals surface area (Å²) >= 11 is 0. The van der Waals surface area contributed by atoms with E-state index in [-0.39, 0.29) is 5.56 Å². The summed E-state index contributed by atoms with van der Waals surface area (Å²) in [5, 5.41) is 8.76. The molecule has 1 aromatic heterocycles. The number of aromatic nitrogens is 1. The van der Waals surface area contributed by atoms with Gasteiger partial charge >= 0.3 is 0 Å². The van der Waals surface area contributed by atoms with Crippen LogP contribution in [0.1, 0.15) is 11.1 Å². The Labute approximate surface area is 93.2 Å². The van der Waals surface area contributed by atoms with Crippen LogP contribution in [0.4, 0.5) is 0 Å². The molecule has 3 nitrogen and oxygen atoms in total. The van der Waals surface area contributed by atoms with Gasteiger partial charge in [-0.3, -0.25) is 4.79 Å². The van der Waals surface area contributed by atoms with E-state index in [4.69, 9.17) is 5.26 Å². The predicted molar refractivity (Wildman–Crippen MR) is 61.0 cm³/mol. The number of rotatable bonds is 2. The third kappa shape index (κ3) is 2.18. The lowest BCUT2D eigenvalue weighted by atomic mass is 10.1. The minimum Gasteiger partial charge on any atom is -0.311 e. The fourth-order valence-corrected chi connectivity index (χ4v) is 1.53. The summed E-state index contributed by atoms with van der Waals surface area (Å²) in [6.07, 6.45) is 1.74. The maximum atomic E-state index is 11.5. The van der Waals surface area contributed by atoms with E-state index >= 15 is 0 Å². The van der Waals surface area contributed by atoms with Crippen molar-refractivity contribution in [3.05, 3.63) is 70.1 Å². The van der Waals surface area contributed by atoms with Crippen molar-refractivity contribution in [1.29, 1.82) is 5.26 Å². The Hall–Kier alpha value is -2.34. The van der Waals surface area contributed by atoms with Gasteiger partial charge in [0.15, 0.2) is 0 Å². The van der Waals surface area contributed by atoms with Gasteiger partial charge in [0.2, 0.25) is 0 Å². The third-order valence-corrected chi connectivity index (χ3v) is 2.31. The summed E-state index contributed by atoms with van der Waals surface area (Å²) in [7, 11) is 0. The molecule has 0 aliphatic carbocycles. The lowest BCUT2D eigenvalue weighted by Gasteiger charge is -2.04. The minimum atomic E-state index is -0.0372. The molecule has 0 bridgehead atoms. The fraction of sp³-hybridized carbons (Fsp3) is 0.0769. The molecule has 0 spiro atoms. The molecular weight excluding hydrogens is 200 g/mol. The normalized spacial score (nSPS) is 9.69. The Morgan fingerprint density at radius 3 is 2.81 bits per heavy atom. The van der Waals surface area contributed by atoms with E-state index in [9.17, 15) is 4.79 Å². The maximum Gasteiger partial charge on any atom is 0.250 e. The second kappa shape index (κ2) is 4.45. The first kappa shape index (κ1) is 10.2. The largest absolute Gasteiger partial charge is 0.311 e. The second-order valence-corrected chi connectivity index (χ2v) is 3.48. The summed E-state index contributed by atoms with van der Waals surface area (Å²) < 4.78 is 1.61. The predicted octanol–water partition coefficient (Wildman–Crippen LogP) is 1.77. The van der Waals surface area contributed by atoms with E-state index in [1.807, 2.05) is 18.2 Å². The number of pyridine rings is 1. The summed E-state index contributed by atoms with van der Waals surface area (Å²) in [6, 6.07) is 14.4. The van der Waals surface area contributed by atoms with Crippen molar-refractivity contribution in [1.82, 2.24) is 4.57 Å². The van der Waals surface area contributed by atoms with Gasteiger partial charge in [-0.2, -0.15) is 5.26 Å². The van der Waals surface area contributed by atoms with Gasteiger partial charge in [0.25, 0.3) is 5.56 Å². The van der Waals surface area contributed by atoms with Crippen molar-refractivity contribution in [3.63, 3.8) is 0 Å².